The van der Waals surface area contributed by atoms with Gasteiger partial charge in [0.2, 0.25) is 6.41 Å². The summed E-state index contributed by atoms with van der Waals surface area (Å²) in [5.74, 6) is 0.368. The number of hydrogen-bond donors (Lipinski definition) is 2. The van der Waals surface area contributed by atoms with E-state index >= 15 is 0 Å². The number of rotatable bonds is 5. The number of amides is 1. The van der Waals surface area contributed by atoms with E-state index in [0.29, 0.717) is 28.9 Å². The molecule has 2 N–H and O–H groups in total. The van der Waals surface area contributed by atoms with Crippen LogP contribution in [0.5, 0.6) is 0 Å². The summed E-state index contributed by atoms with van der Waals surface area (Å²) in [4.78, 5) is 16.9. The molecule has 0 unspecified atom stereocenters. The van der Waals surface area contributed by atoms with Crippen LogP contribution in [-0.4, -0.2) is 33.0 Å². The third kappa shape index (κ3) is 3.04. The third-order valence-electron chi connectivity index (χ3n) is 4.10. The molecular formula is C17H13BrFN7O. The summed E-state index contributed by atoms with van der Waals surface area (Å²) < 4.78 is 17.1. The Morgan fingerprint density at radius 2 is 2.15 bits per heavy atom. The summed E-state index contributed by atoms with van der Waals surface area (Å²) in [6.07, 6.45) is 1.93. The average molecular weight is 430 g/mol. The molecular weight excluding hydrogens is 417 g/mol. The number of hydrazine groups is 1. The number of carbonyl (C=O) groups excluding carboxylic acids is 1. The maximum Gasteiger partial charge on any atom is 0.257 e. The van der Waals surface area contributed by atoms with E-state index in [1.165, 1.54) is 12.4 Å². The van der Waals surface area contributed by atoms with Gasteiger partial charge in [-0.25, -0.2) is 4.39 Å². The summed E-state index contributed by atoms with van der Waals surface area (Å²) in [7, 11) is 1.84. The predicted molar refractivity (Wildman–Crippen MR) is 103 cm³/mol. The van der Waals surface area contributed by atoms with Crippen molar-refractivity contribution in [2.24, 2.45) is 0 Å². The van der Waals surface area contributed by atoms with Crippen LogP contribution in [-0.2, 0) is 4.79 Å². The molecule has 136 valence electrons. The molecule has 0 aliphatic heterocycles. The highest BCUT2D eigenvalue weighted by Gasteiger charge is 2.17. The Hall–Kier alpha value is -3.27. The van der Waals surface area contributed by atoms with E-state index in [2.05, 4.69) is 42.0 Å². The molecule has 0 saturated heterocycles. The molecule has 0 atom stereocenters. The summed E-state index contributed by atoms with van der Waals surface area (Å²) in [6.45, 7) is 0. The molecule has 0 aliphatic carbocycles. The number of nitrogens with one attached hydrogen (secondary N) is 2. The molecule has 8 nitrogen and oxygen atoms in total. The van der Waals surface area contributed by atoms with Crippen LogP contribution in [0.1, 0.15) is 0 Å². The summed E-state index contributed by atoms with van der Waals surface area (Å²) in [5.41, 5.74) is 6.37. The molecule has 2 aromatic heterocycles. The maximum absolute atomic E-state index is 14.6. The van der Waals surface area contributed by atoms with Crippen molar-refractivity contribution >= 4 is 56.2 Å². The SMILES string of the molecule is CN(c1cccc(Br)c1)c1nc2nncn2c2cc(NNC=O)c(F)cc12. The monoisotopic (exact) mass is 429 g/mol. The minimum atomic E-state index is -0.532. The van der Waals surface area contributed by atoms with E-state index < -0.39 is 5.82 Å². The average Bonchev–Trinajstić information content (AvgIpc) is 3.14. The molecule has 2 aromatic carbocycles. The van der Waals surface area contributed by atoms with Crippen molar-refractivity contribution in [1.82, 2.24) is 25.0 Å². The zero-order chi connectivity index (χ0) is 19.0. The van der Waals surface area contributed by atoms with Gasteiger partial charge in [-0.05, 0) is 30.3 Å². The second-order valence-corrected chi connectivity index (χ2v) is 6.63. The standard InChI is InChI=1S/C17H13BrFN7O/c1-25(11-4-2-3-10(18)5-11)16-12-6-13(19)14(23-21-9-27)7-15(12)26-8-20-24-17(26)22-16/h2-9,23H,1H3,(H,21,27). The Bertz CT molecular complexity index is 1160. The molecule has 4 aromatic rings. The zero-order valence-corrected chi connectivity index (χ0v) is 15.6. The Morgan fingerprint density at radius 3 is 2.93 bits per heavy atom. The lowest BCUT2D eigenvalue weighted by molar-refractivity contribution is -0.109. The minimum absolute atomic E-state index is 0.117. The van der Waals surface area contributed by atoms with Gasteiger partial charge in [0.1, 0.15) is 18.0 Å². The minimum Gasteiger partial charge on any atom is -0.329 e. The molecule has 10 heteroatoms. The number of benzene rings is 2. The number of carbonyl (C=O) groups is 1. The molecule has 0 fully saturated rings. The van der Waals surface area contributed by atoms with Gasteiger partial charge in [0.05, 0.1) is 11.2 Å². The fourth-order valence-electron chi connectivity index (χ4n) is 2.84. The van der Waals surface area contributed by atoms with Gasteiger partial charge in [-0.2, -0.15) is 4.98 Å². The van der Waals surface area contributed by atoms with Crippen LogP contribution >= 0.6 is 15.9 Å². The lowest BCUT2D eigenvalue weighted by atomic mass is 10.2. The Balaban J connectivity index is 1.96. The lowest BCUT2D eigenvalue weighted by Crippen LogP contribution is -2.20. The molecule has 0 saturated carbocycles. The fourth-order valence-corrected chi connectivity index (χ4v) is 3.22. The number of anilines is 3. The molecule has 27 heavy (non-hydrogen) atoms. The van der Waals surface area contributed by atoms with Crippen molar-refractivity contribution in [2.45, 2.75) is 0 Å². The van der Waals surface area contributed by atoms with Gasteiger partial charge in [0, 0.05) is 22.6 Å². The highest BCUT2D eigenvalue weighted by Crippen LogP contribution is 2.33. The molecule has 4 rings (SSSR count). The van der Waals surface area contributed by atoms with Crippen molar-refractivity contribution < 1.29 is 9.18 Å². The number of halogens is 2. The highest BCUT2D eigenvalue weighted by atomic mass is 79.9. The lowest BCUT2D eigenvalue weighted by Gasteiger charge is -2.21. The van der Waals surface area contributed by atoms with Crippen molar-refractivity contribution in [3.8, 4) is 0 Å². The third-order valence-corrected chi connectivity index (χ3v) is 4.59. The van der Waals surface area contributed by atoms with Gasteiger partial charge >= 0.3 is 0 Å². The van der Waals surface area contributed by atoms with E-state index in [-0.39, 0.29) is 5.69 Å². The molecule has 2 heterocycles. The highest BCUT2D eigenvalue weighted by molar-refractivity contribution is 9.10. The molecule has 1 amide bonds. The van der Waals surface area contributed by atoms with Crippen molar-refractivity contribution in [3.05, 3.63) is 53.0 Å². The predicted octanol–water partition coefficient (Wildman–Crippen LogP) is 3.02. The second-order valence-electron chi connectivity index (χ2n) is 5.71. The Labute approximate surface area is 161 Å². The summed E-state index contributed by atoms with van der Waals surface area (Å²) in [5, 5.41) is 8.48. The number of hydrogen-bond acceptors (Lipinski definition) is 6. The Kier molecular flexibility index (Phi) is 4.32. The zero-order valence-electron chi connectivity index (χ0n) is 14.0. The van der Waals surface area contributed by atoms with Crippen LogP contribution in [0, 0.1) is 5.82 Å². The van der Waals surface area contributed by atoms with E-state index in [1.54, 1.807) is 10.5 Å². The van der Waals surface area contributed by atoms with Gasteiger partial charge in [-0.1, -0.05) is 22.0 Å². The van der Waals surface area contributed by atoms with Gasteiger partial charge in [-0.3, -0.25) is 20.0 Å². The van der Waals surface area contributed by atoms with Crippen molar-refractivity contribution in [1.29, 1.82) is 0 Å². The number of nitrogens with zero attached hydrogens (tertiary/aromatic N) is 5. The smallest absolute Gasteiger partial charge is 0.257 e. The van der Waals surface area contributed by atoms with Gasteiger partial charge in [0.25, 0.3) is 5.78 Å². The first-order valence-electron chi connectivity index (χ1n) is 7.86. The normalized spacial score (nSPS) is 10.9. The Morgan fingerprint density at radius 1 is 1.30 bits per heavy atom. The van der Waals surface area contributed by atoms with Gasteiger partial charge in [-0.15, -0.1) is 10.2 Å². The van der Waals surface area contributed by atoms with Crippen molar-refractivity contribution in [3.63, 3.8) is 0 Å². The molecule has 0 aliphatic rings. The van der Waals surface area contributed by atoms with E-state index in [0.717, 1.165) is 10.2 Å². The van der Waals surface area contributed by atoms with E-state index in [9.17, 15) is 9.18 Å². The first-order chi connectivity index (χ1) is 13.1. The van der Waals surface area contributed by atoms with Crippen LogP contribution < -0.4 is 15.8 Å². The van der Waals surface area contributed by atoms with Crippen molar-refractivity contribution in [2.75, 3.05) is 17.4 Å². The second kappa shape index (κ2) is 6.80. The first kappa shape index (κ1) is 17.2. The fraction of sp³-hybridized carbons (Fsp3) is 0.0588. The maximum atomic E-state index is 14.6. The van der Waals surface area contributed by atoms with Crippen LogP contribution in [0.15, 0.2) is 47.2 Å². The van der Waals surface area contributed by atoms with Crippen LogP contribution in [0.4, 0.5) is 21.6 Å². The number of fused-ring (bicyclic) bond motifs is 3. The number of aromatic nitrogens is 4. The van der Waals surface area contributed by atoms with E-state index in [4.69, 9.17) is 0 Å². The van der Waals surface area contributed by atoms with Crippen LogP contribution in [0.25, 0.3) is 16.7 Å². The van der Waals surface area contributed by atoms with Gasteiger partial charge < -0.3 is 4.90 Å². The summed E-state index contributed by atoms with van der Waals surface area (Å²) >= 11 is 3.45. The molecule has 0 radical (unpaired) electrons. The van der Waals surface area contributed by atoms with Crippen LogP contribution in [0.2, 0.25) is 0 Å². The van der Waals surface area contributed by atoms with Crippen LogP contribution in [0.3, 0.4) is 0 Å². The summed E-state index contributed by atoms with van der Waals surface area (Å²) in [6, 6.07) is 10.6. The quantitative estimate of drug-likeness (QED) is 0.374. The molecule has 0 spiro atoms. The largest absolute Gasteiger partial charge is 0.329 e. The van der Waals surface area contributed by atoms with E-state index in [1.807, 2.05) is 36.2 Å². The topological polar surface area (TPSA) is 87.5 Å². The first-order valence-corrected chi connectivity index (χ1v) is 8.65. The van der Waals surface area contributed by atoms with Gasteiger partial charge in [0.15, 0.2) is 0 Å². The molecule has 0 bridgehead atoms.